The molecule has 0 aliphatic rings. The third kappa shape index (κ3) is 9.03. The predicted octanol–water partition coefficient (Wildman–Crippen LogP) is 9.83. The number of carbonyl (C=O) groups excluding carboxylic acids is 1. The van der Waals surface area contributed by atoms with Crippen LogP contribution in [0.2, 0.25) is 0 Å². The number of unbranched alkanes of at least 4 members (excludes halogenated alkanes) is 15. The first-order valence-electron chi connectivity index (χ1n) is 14.3. The van der Waals surface area contributed by atoms with Crippen LogP contribution in [0.1, 0.15) is 120 Å². The van der Waals surface area contributed by atoms with Crippen LogP contribution >= 0.6 is 11.3 Å². The summed E-state index contributed by atoms with van der Waals surface area (Å²) in [7, 11) is 0. The lowest BCUT2D eigenvalue weighted by atomic mass is 10.0. The highest BCUT2D eigenvalue weighted by atomic mass is 32.1. The van der Waals surface area contributed by atoms with Crippen molar-refractivity contribution in [3.63, 3.8) is 0 Å². The summed E-state index contributed by atoms with van der Waals surface area (Å²) in [6.45, 7) is 2.69. The predicted molar refractivity (Wildman–Crippen MR) is 155 cm³/mol. The molecule has 0 atom stereocenters. The normalized spacial score (nSPS) is 11.4. The first-order valence-corrected chi connectivity index (χ1v) is 15.2. The molecule has 0 bridgehead atoms. The fourth-order valence-corrected chi connectivity index (χ4v) is 6.02. The van der Waals surface area contributed by atoms with Crippen LogP contribution in [0.4, 0.5) is 0 Å². The average Bonchev–Trinajstić information content (AvgIpc) is 2.90. The summed E-state index contributed by atoms with van der Waals surface area (Å²) in [6, 6.07) is 13.0. The molecular formula is C32H44O3S. The van der Waals surface area contributed by atoms with Crippen molar-refractivity contribution in [2.24, 2.45) is 0 Å². The first-order chi connectivity index (χ1) is 17.7. The van der Waals surface area contributed by atoms with E-state index in [1.54, 1.807) is 6.07 Å². The number of carbonyl (C=O) groups is 1. The molecule has 3 aromatic rings. The summed E-state index contributed by atoms with van der Waals surface area (Å²) in [4.78, 5) is 25.8. The third-order valence-electron chi connectivity index (χ3n) is 7.06. The highest BCUT2D eigenvalue weighted by Gasteiger charge is 2.16. The van der Waals surface area contributed by atoms with E-state index in [0.29, 0.717) is 22.9 Å². The lowest BCUT2D eigenvalue weighted by Crippen LogP contribution is -2.11. The molecule has 1 heterocycles. The van der Waals surface area contributed by atoms with Gasteiger partial charge in [0.15, 0.2) is 5.43 Å². The number of fused-ring (bicyclic) bond motifs is 2. The molecule has 0 N–H and O–H groups in total. The Bertz CT molecular complexity index is 1120. The Morgan fingerprint density at radius 3 is 1.81 bits per heavy atom. The van der Waals surface area contributed by atoms with Crippen LogP contribution < -0.4 is 5.43 Å². The Balaban J connectivity index is 1.25. The standard InChI is InChI=1S/C32H44O3S/c1-2-3-4-5-6-7-8-9-10-11-12-13-14-15-16-19-25-35-32(34)27-22-20-24-29-30(27)31(33)26-21-17-18-23-28(26)36-29/h17-18,20-24H,2-16,19,25H2,1H3. The third-order valence-corrected chi connectivity index (χ3v) is 8.19. The largest absolute Gasteiger partial charge is 0.462 e. The van der Waals surface area contributed by atoms with Gasteiger partial charge < -0.3 is 4.74 Å². The first kappa shape index (κ1) is 28.4. The van der Waals surface area contributed by atoms with Gasteiger partial charge in [-0.3, -0.25) is 4.79 Å². The van der Waals surface area contributed by atoms with E-state index in [-0.39, 0.29) is 11.4 Å². The fraction of sp³-hybridized carbons (Fsp3) is 0.562. The van der Waals surface area contributed by atoms with Crippen molar-refractivity contribution in [3.8, 4) is 0 Å². The van der Waals surface area contributed by atoms with Crippen molar-refractivity contribution in [3.05, 3.63) is 58.3 Å². The Morgan fingerprint density at radius 1 is 0.667 bits per heavy atom. The zero-order chi connectivity index (χ0) is 25.4. The molecule has 0 spiro atoms. The maximum Gasteiger partial charge on any atom is 0.338 e. The number of ether oxygens (including phenoxy) is 1. The summed E-state index contributed by atoms with van der Waals surface area (Å²) >= 11 is 1.54. The molecule has 0 aliphatic carbocycles. The monoisotopic (exact) mass is 508 g/mol. The molecule has 3 rings (SSSR count). The summed E-state index contributed by atoms with van der Waals surface area (Å²) in [5, 5.41) is 1.14. The van der Waals surface area contributed by atoms with Crippen molar-refractivity contribution in [1.29, 1.82) is 0 Å². The Hall–Kier alpha value is -2.20. The minimum atomic E-state index is -0.388. The minimum Gasteiger partial charge on any atom is -0.462 e. The van der Waals surface area contributed by atoms with E-state index in [0.717, 1.165) is 22.2 Å². The van der Waals surface area contributed by atoms with Gasteiger partial charge in [-0.25, -0.2) is 4.79 Å². The molecule has 4 heteroatoms. The van der Waals surface area contributed by atoms with E-state index in [1.165, 1.54) is 101 Å². The van der Waals surface area contributed by atoms with Crippen molar-refractivity contribution in [1.82, 2.24) is 0 Å². The second kappa shape index (κ2) is 16.5. The van der Waals surface area contributed by atoms with Crippen molar-refractivity contribution >= 4 is 37.5 Å². The highest BCUT2D eigenvalue weighted by Crippen LogP contribution is 2.27. The summed E-state index contributed by atoms with van der Waals surface area (Å²) in [5.41, 5.74) is 0.297. The molecule has 36 heavy (non-hydrogen) atoms. The van der Waals surface area contributed by atoms with Gasteiger partial charge in [-0.15, -0.1) is 11.3 Å². The highest BCUT2D eigenvalue weighted by molar-refractivity contribution is 7.24. The quantitative estimate of drug-likeness (QED) is 0.0975. The second-order valence-electron chi connectivity index (χ2n) is 10.0. The molecule has 196 valence electrons. The van der Waals surface area contributed by atoms with E-state index < -0.39 is 0 Å². The summed E-state index contributed by atoms with van der Waals surface area (Å²) in [5.74, 6) is -0.388. The molecule has 0 fully saturated rings. The van der Waals surface area contributed by atoms with Crippen LogP contribution in [-0.4, -0.2) is 12.6 Å². The Kier molecular flexibility index (Phi) is 13.0. The van der Waals surface area contributed by atoms with Crippen LogP contribution in [0.25, 0.3) is 20.2 Å². The van der Waals surface area contributed by atoms with Gasteiger partial charge in [0.2, 0.25) is 0 Å². The molecule has 3 nitrogen and oxygen atoms in total. The van der Waals surface area contributed by atoms with E-state index in [9.17, 15) is 9.59 Å². The Labute approximate surface area is 221 Å². The summed E-state index contributed by atoms with van der Waals surface area (Å²) < 4.78 is 7.32. The van der Waals surface area contributed by atoms with Crippen LogP contribution in [0.5, 0.6) is 0 Å². The molecule has 0 unspecified atom stereocenters. The maximum absolute atomic E-state index is 13.0. The molecule has 0 radical (unpaired) electrons. The van der Waals surface area contributed by atoms with Gasteiger partial charge in [0.25, 0.3) is 0 Å². The molecular weight excluding hydrogens is 464 g/mol. The van der Waals surface area contributed by atoms with Crippen LogP contribution in [0.3, 0.4) is 0 Å². The van der Waals surface area contributed by atoms with Gasteiger partial charge in [0, 0.05) is 14.8 Å². The van der Waals surface area contributed by atoms with Gasteiger partial charge in [0.1, 0.15) is 0 Å². The maximum atomic E-state index is 13.0. The SMILES string of the molecule is CCCCCCCCCCCCCCCCCCOC(=O)c1cccc2sc3ccccc3c(=O)c12. The van der Waals surface area contributed by atoms with Gasteiger partial charge in [0.05, 0.1) is 17.6 Å². The van der Waals surface area contributed by atoms with Crippen molar-refractivity contribution < 1.29 is 9.53 Å². The van der Waals surface area contributed by atoms with Crippen LogP contribution in [-0.2, 0) is 4.74 Å². The molecule has 0 saturated heterocycles. The van der Waals surface area contributed by atoms with Gasteiger partial charge in [-0.05, 0) is 30.7 Å². The van der Waals surface area contributed by atoms with E-state index in [1.807, 2.05) is 36.4 Å². The van der Waals surface area contributed by atoms with E-state index in [2.05, 4.69) is 6.92 Å². The topological polar surface area (TPSA) is 43.4 Å². The van der Waals surface area contributed by atoms with Crippen molar-refractivity contribution in [2.75, 3.05) is 6.61 Å². The van der Waals surface area contributed by atoms with Crippen molar-refractivity contribution in [2.45, 2.75) is 110 Å². The second-order valence-corrected chi connectivity index (χ2v) is 11.1. The summed E-state index contributed by atoms with van der Waals surface area (Å²) in [6.07, 6.45) is 21.1. The molecule has 0 amide bonds. The number of rotatable bonds is 18. The zero-order valence-electron chi connectivity index (χ0n) is 22.2. The molecule has 1 aromatic heterocycles. The number of hydrogen-bond donors (Lipinski definition) is 0. The number of benzene rings is 2. The molecule has 2 aromatic carbocycles. The lowest BCUT2D eigenvalue weighted by Gasteiger charge is -2.08. The fourth-order valence-electron chi connectivity index (χ4n) is 4.91. The van der Waals surface area contributed by atoms with Gasteiger partial charge in [-0.2, -0.15) is 0 Å². The molecule has 0 saturated carbocycles. The number of esters is 1. The zero-order valence-corrected chi connectivity index (χ0v) is 23.0. The molecule has 0 aliphatic heterocycles. The minimum absolute atomic E-state index is 0.0886. The van der Waals surface area contributed by atoms with Crippen LogP contribution in [0.15, 0.2) is 47.3 Å². The van der Waals surface area contributed by atoms with E-state index >= 15 is 0 Å². The lowest BCUT2D eigenvalue weighted by molar-refractivity contribution is 0.0500. The average molecular weight is 509 g/mol. The van der Waals surface area contributed by atoms with Gasteiger partial charge >= 0.3 is 5.97 Å². The van der Waals surface area contributed by atoms with Crippen LogP contribution in [0, 0.1) is 0 Å². The Morgan fingerprint density at radius 2 is 1.19 bits per heavy atom. The van der Waals surface area contributed by atoms with E-state index in [4.69, 9.17) is 4.74 Å². The smallest absolute Gasteiger partial charge is 0.338 e. The number of hydrogen-bond acceptors (Lipinski definition) is 4. The van der Waals surface area contributed by atoms with Gasteiger partial charge in [-0.1, -0.05) is 121 Å².